The van der Waals surface area contributed by atoms with Crippen LogP contribution in [0.2, 0.25) is 0 Å². The molecular formula is C19H16N2O5. The highest BCUT2D eigenvalue weighted by atomic mass is 16.6. The first-order chi connectivity index (χ1) is 12.6. The maximum atomic E-state index is 12.2. The number of ether oxygens (including phenoxy) is 3. The van der Waals surface area contributed by atoms with Crippen LogP contribution in [0.25, 0.3) is 0 Å². The molecule has 7 nitrogen and oxygen atoms in total. The predicted octanol–water partition coefficient (Wildman–Crippen LogP) is 2.27. The Labute approximate surface area is 150 Å². The Morgan fingerprint density at radius 1 is 1.19 bits per heavy atom. The van der Waals surface area contributed by atoms with E-state index in [1.807, 2.05) is 6.07 Å². The van der Waals surface area contributed by atoms with E-state index in [2.05, 4.69) is 5.32 Å². The lowest BCUT2D eigenvalue weighted by Gasteiger charge is -2.25. The number of anilines is 1. The molecule has 1 aliphatic heterocycles. The highest BCUT2D eigenvalue weighted by Crippen LogP contribution is 2.31. The van der Waals surface area contributed by atoms with E-state index in [0.717, 1.165) is 0 Å². The SMILES string of the molecule is C[C@@H](OC(=O)[C@H]1COc2ccccc2O1)C(=O)Nc1ccccc1C#N. The quantitative estimate of drug-likeness (QED) is 0.848. The molecule has 0 bridgehead atoms. The molecule has 0 aromatic heterocycles. The summed E-state index contributed by atoms with van der Waals surface area (Å²) in [7, 11) is 0. The third-order valence-corrected chi connectivity index (χ3v) is 3.74. The molecule has 7 heteroatoms. The lowest BCUT2D eigenvalue weighted by molar-refractivity contribution is -0.162. The van der Waals surface area contributed by atoms with Crippen molar-refractivity contribution in [1.29, 1.82) is 5.26 Å². The number of amides is 1. The van der Waals surface area contributed by atoms with Gasteiger partial charge in [-0.05, 0) is 31.2 Å². The van der Waals surface area contributed by atoms with Gasteiger partial charge in [-0.2, -0.15) is 5.26 Å². The Morgan fingerprint density at radius 2 is 1.88 bits per heavy atom. The van der Waals surface area contributed by atoms with E-state index in [1.165, 1.54) is 6.92 Å². The van der Waals surface area contributed by atoms with Crippen molar-refractivity contribution in [2.45, 2.75) is 19.1 Å². The molecule has 0 saturated heterocycles. The van der Waals surface area contributed by atoms with E-state index < -0.39 is 24.1 Å². The minimum absolute atomic E-state index is 0.00144. The summed E-state index contributed by atoms with van der Waals surface area (Å²) in [5.41, 5.74) is 0.675. The normalized spacial score (nSPS) is 16.1. The van der Waals surface area contributed by atoms with Gasteiger partial charge in [-0.3, -0.25) is 4.79 Å². The van der Waals surface area contributed by atoms with Crippen LogP contribution in [0.15, 0.2) is 48.5 Å². The van der Waals surface area contributed by atoms with Gasteiger partial charge in [0, 0.05) is 0 Å². The molecular weight excluding hydrogens is 336 g/mol. The fourth-order valence-electron chi connectivity index (χ4n) is 2.36. The van der Waals surface area contributed by atoms with Crippen LogP contribution in [-0.2, 0) is 14.3 Å². The molecule has 0 fully saturated rings. The van der Waals surface area contributed by atoms with Gasteiger partial charge in [-0.25, -0.2) is 4.79 Å². The summed E-state index contributed by atoms with van der Waals surface area (Å²) in [6, 6.07) is 15.5. The maximum Gasteiger partial charge on any atom is 0.351 e. The first-order valence-corrected chi connectivity index (χ1v) is 7.97. The molecule has 2 aromatic carbocycles. The summed E-state index contributed by atoms with van der Waals surface area (Å²) in [4.78, 5) is 24.5. The van der Waals surface area contributed by atoms with E-state index in [4.69, 9.17) is 19.5 Å². The monoisotopic (exact) mass is 352 g/mol. The van der Waals surface area contributed by atoms with Gasteiger partial charge < -0.3 is 19.5 Å². The molecule has 0 aliphatic carbocycles. The summed E-state index contributed by atoms with van der Waals surface area (Å²) in [6.45, 7) is 1.45. The van der Waals surface area contributed by atoms with Gasteiger partial charge in [0.25, 0.3) is 5.91 Å². The second-order valence-electron chi connectivity index (χ2n) is 5.59. The standard InChI is InChI=1S/C19H16N2O5/c1-12(18(22)21-14-7-3-2-6-13(14)10-20)25-19(23)17-11-24-15-8-4-5-9-16(15)26-17/h2-9,12,17H,11H2,1H3,(H,21,22)/t12-,17-/m1/s1. The molecule has 3 rings (SSSR count). The summed E-state index contributed by atoms with van der Waals surface area (Å²) in [6.07, 6.45) is -2.01. The molecule has 1 N–H and O–H groups in total. The number of carbonyl (C=O) groups excluding carboxylic acids is 2. The van der Waals surface area contributed by atoms with Gasteiger partial charge in [0.05, 0.1) is 11.3 Å². The molecule has 2 atom stereocenters. The maximum absolute atomic E-state index is 12.2. The van der Waals surface area contributed by atoms with Crippen molar-refractivity contribution in [2.75, 3.05) is 11.9 Å². The van der Waals surface area contributed by atoms with Crippen molar-refractivity contribution < 1.29 is 23.8 Å². The van der Waals surface area contributed by atoms with E-state index in [9.17, 15) is 9.59 Å². The molecule has 1 aliphatic rings. The number of benzene rings is 2. The van der Waals surface area contributed by atoms with E-state index in [-0.39, 0.29) is 6.61 Å². The van der Waals surface area contributed by atoms with Gasteiger partial charge in [-0.15, -0.1) is 0 Å². The molecule has 26 heavy (non-hydrogen) atoms. The van der Waals surface area contributed by atoms with Crippen LogP contribution in [0.1, 0.15) is 12.5 Å². The molecule has 2 aromatic rings. The van der Waals surface area contributed by atoms with Crippen molar-refractivity contribution in [2.24, 2.45) is 0 Å². The number of hydrogen-bond donors (Lipinski definition) is 1. The number of para-hydroxylation sites is 3. The topological polar surface area (TPSA) is 97.7 Å². The summed E-state index contributed by atoms with van der Waals surface area (Å²) in [5.74, 6) is -0.245. The Hall–Kier alpha value is -3.53. The number of esters is 1. The van der Waals surface area contributed by atoms with Crippen molar-refractivity contribution in [3.05, 3.63) is 54.1 Å². The van der Waals surface area contributed by atoms with Crippen LogP contribution < -0.4 is 14.8 Å². The zero-order chi connectivity index (χ0) is 18.5. The Morgan fingerprint density at radius 3 is 2.65 bits per heavy atom. The second kappa shape index (κ2) is 7.57. The summed E-state index contributed by atoms with van der Waals surface area (Å²) in [5, 5.41) is 11.6. The summed E-state index contributed by atoms with van der Waals surface area (Å²) >= 11 is 0. The van der Waals surface area contributed by atoms with Crippen LogP contribution in [0.3, 0.4) is 0 Å². The highest BCUT2D eigenvalue weighted by molar-refractivity contribution is 5.96. The van der Waals surface area contributed by atoms with E-state index >= 15 is 0 Å². The van der Waals surface area contributed by atoms with Gasteiger partial charge in [-0.1, -0.05) is 24.3 Å². The molecule has 0 radical (unpaired) electrons. The van der Waals surface area contributed by atoms with Crippen molar-refractivity contribution in [1.82, 2.24) is 0 Å². The van der Waals surface area contributed by atoms with E-state index in [0.29, 0.717) is 22.7 Å². The Kier molecular flexibility index (Phi) is 5.04. The molecule has 1 heterocycles. The van der Waals surface area contributed by atoms with Gasteiger partial charge in [0.2, 0.25) is 6.10 Å². The lowest BCUT2D eigenvalue weighted by Crippen LogP contribution is -2.41. The predicted molar refractivity (Wildman–Crippen MR) is 91.7 cm³/mol. The number of nitrogens with zero attached hydrogens (tertiary/aromatic N) is 1. The van der Waals surface area contributed by atoms with Crippen LogP contribution in [0.5, 0.6) is 11.5 Å². The fraction of sp³-hybridized carbons (Fsp3) is 0.211. The van der Waals surface area contributed by atoms with Crippen LogP contribution in [0, 0.1) is 11.3 Å². The van der Waals surface area contributed by atoms with Gasteiger partial charge in [0.15, 0.2) is 17.6 Å². The average molecular weight is 352 g/mol. The molecule has 0 saturated carbocycles. The third-order valence-electron chi connectivity index (χ3n) is 3.74. The minimum Gasteiger partial charge on any atom is -0.485 e. The van der Waals surface area contributed by atoms with Crippen LogP contribution >= 0.6 is 0 Å². The Bertz CT molecular complexity index is 874. The van der Waals surface area contributed by atoms with E-state index in [1.54, 1.807) is 48.5 Å². The zero-order valence-corrected chi connectivity index (χ0v) is 14.0. The summed E-state index contributed by atoms with van der Waals surface area (Å²) < 4.78 is 16.2. The number of hydrogen-bond acceptors (Lipinski definition) is 6. The van der Waals surface area contributed by atoms with Crippen molar-refractivity contribution in [3.63, 3.8) is 0 Å². The van der Waals surface area contributed by atoms with Gasteiger partial charge in [0.1, 0.15) is 12.7 Å². The molecule has 0 spiro atoms. The second-order valence-corrected chi connectivity index (χ2v) is 5.59. The van der Waals surface area contributed by atoms with Crippen LogP contribution in [-0.4, -0.2) is 30.7 Å². The zero-order valence-electron chi connectivity index (χ0n) is 14.0. The first-order valence-electron chi connectivity index (χ1n) is 7.97. The number of rotatable bonds is 4. The fourth-order valence-corrected chi connectivity index (χ4v) is 2.36. The number of carbonyl (C=O) groups is 2. The first kappa shape index (κ1) is 17.3. The van der Waals surface area contributed by atoms with Crippen molar-refractivity contribution >= 4 is 17.6 Å². The van der Waals surface area contributed by atoms with Crippen molar-refractivity contribution in [3.8, 4) is 17.6 Å². The molecule has 1 amide bonds. The lowest BCUT2D eigenvalue weighted by atomic mass is 10.2. The minimum atomic E-state index is -1.06. The Balaban J connectivity index is 1.59. The van der Waals surface area contributed by atoms with Crippen LogP contribution in [0.4, 0.5) is 5.69 Å². The largest absolute Gasteiger partial charge is 0.485 e. The number of fused-ring (bicyclic) bond motifs is 1. The third kappa shape index (κ3) is 3.75. The molecule has 132 valence electrons. The number of nitriles is 1. The number of nitrogens with one attached hydrogen (secondary N) is 1. The highest BCUT2D eigenvalue weighted by Gasteiger charge is 2.31. The smallest absolute Gasteiger partial charge is 0.351 e. The molecule has 0 unspecified atom stereocenters. The van der Waals surface area contributed by atoms with Gasteiger partial charge >= 0.3 is 5.97 Å². The average Bonchev–Trinajstić information content (AvgIpc) is 2.67.